The molecule has 1 saturated heterocycles. The third-order valence-electron chi connectivity index (χ3n) is 5.43. The molecule has 0 bridgehead atoms. The van der Waals surface area contributed by atoms with Crippen molar-refractivity contribution in [2.75, 3.05) is 25.1 Å². The fourth-order valence-electron chi connectivity index (χ4n) is 3.85. The molecule has 0 spiro atoms. The van der Waals surface area contributed by atoms with E-state index in [4.69, 9.17) is 10.5 Å². The third-order valence-corrected chi connectivity index (χ3v) is 5.43. The van der Waals surface area contributed by atoms with Gasteiger partial charge in [-0.15, -0.1) is 12.4 Å². The smallest absolute Gasteiger partial charge is 0.341 e. The average Bonchev–Trinajstić information content (AvgIpc) is 3.47. The summed E-state index contributed by atoms with van der Waals surface area (Å²) in [7, 11) is 1.44. The second kappa shape index (κ2) is 8.56. The number of fused-ring (bicyclic) bond motifs is 1. The number of nitrogens with zero attached hydrogens (tertiary/aromatic N) is 2. The van der Waals surface area contributed by atoms with Crippen molar-refractivity contribution < 1.29 is 24.5 Å². The zero-order chi connectivity index (χ0) is 19.3. The first-order valence-corrected chi connectivity index (χ1v) is 9.11. The van der Waals surface area contributed by atoms with Crippen LogP contribution in [0, 0.1) is 5.82 Å². The number of piperidine rings is 1. The van der Waals surface area contributed by atoms with Crippen molar-refractivity contribution in [3.63, 3.8) is 0 Å². The number of carbonyl (C=O) groups is 1. The summed E-state index contributed by atoms with van der Waals surface area (Å²) in [4.78, 5) is 26.0. The van der Waals surface area contributed by atoms with Crippen LogP contribution in [0.1, 0.15) is 42.1 Å². The van der Waals surface area contributed by atoms with E-state index in [0.29, 0.717) is 24.3 Å². The van der Waals surface area contributed by atoms with E-state index in [1.165, 1.54) is 13.3 Å². The zero-order valence-corrected chi connectivity index (χ0v) is 16.8. The summed E-state index contributed by atoms with van der Waals surface area (Å²) in [5, 5.41) is 9.41. The molecule has 1 aromatic carbocycles. The fourth-order valence-corrected chi connectivity index (χ4v) is 3.85. The van der Waals surface area contributed by atoms with Crippen LogP contribution < -0.4 is 20.8 Å². The molecule has 160 valence electrons. The maximum absolute atomic E-state index is 15.1. The number of hydrogen-bond acceptors (Lipinski definition) is 5. The third kappa shape index (κ3) is 3.90. The lowest BCUT2D eigenvalue weighted by atomic mass is 10.0. The number of ether oxygens (including phenoxy) is 1. The van der Waals surface area contributed by atoms with Gasteiger partial charge >= 0.3 is 5.97 Å². The number of aromatic nitrogens is 1. The minimum Gasteiger partial charge on any atom is -0.492 e. The molecule has 0 atom stereocenters. The van der Waals surface area contributed by atoms with Crippen molar-refractivity contribution in [2.24, 2.45) is 5.73 Å². The Kier molecular flexibility index (Phi) is 6.77. The van der Waals surface area contributed by atoms with Crippen molar-refractivity contribution in [1.82, 2.24) is 4.57 Å². The van der Waals surface area contributed by atoms with Crippen molar-refractivity contribution >= 4 is 35.0 Å². The number of benzene rings is 1. The SMILES string of the molecule is COc1c(N2CCC(N)CC2)c(F)cc2c(=O)c(C(=O)O)cn(C3CC3)c12.Cl.O. The largest absolute Gasteiger partial charge is 0.492 e. The van der Waals surface area contributed by atoms with Gasteiger partial charge in [-0.3, -0.25) is 4.79 Å². The van der Waals surface area contributed by atoms with Gasteiger partial charge in [-0.2, -0.15) is 0 Å². The van der Waals surface area contributed by atoms with Crippen LogP contribution in [-0.4, -0.2) is 47.4 Å². The fraction of sp³-hybridized carbons (Fsp3) is 0.474. The summed E-state index contributed by atoms with van der Waals surface area (Å²) in [6.07, 6.45) is 4.61. The predicted octanol–water partition coefficient (Wildman–Crippen LogP) is 1.71. The Morgan fingerprint density at radius 1 is 1.28 bits per heavy atom. The molecule has 10 heteroatoms. The lowest BCUT2D eigenvalue weighted by Crippen LogP contribution is -2.40. The number of hydrogen-bond donors (Lipinski definition) is 2. The molecule has 29 heavy (non-hydrogen) atoms. The molecule has 2 aliphatic rings. The highest BCUT2D eigenvalue weighted by Gasteiger charge is 2.31. The Morgan fingerprint density at radius 3 is 2.41 bits per heavy atom. The number of methoxy groups -OCH3 is 1. The number of carboxylic acids is 1. The Hall–Kier alpha value is -2.36. The van der Waals surface area contributed by atoms with E-state index < -0.39 is 17.2 Å². The minimum absolute atomic E-state index is 0. The van der Waals surface area contributed by atoms with Gasteiger partial charge in [0.15, 0.2) is 11.6 Å². The van der Waals surface area contributed by atoms with Crippen LogP contribution in [0.3, 0.4) is 0 Å². The summed E-state index contributed by atoms with van der Waals surface area (Å²) >= 11 is 0. The summed E-state index contributed by atoms with van der Waals surface area (Å²) < 4.78 is 22.4. The maximum Gasteiger partial charge on any atom is 0.341 e. The van der Waals surface area contributed by atoms with E-state index in [-0.39, 0.29) is 46.7 Å². The topological polar surface area (TPSA) is 129 Å². The van der Waals surface area contributed by atoms with E-state index in [2.05, 4.69) is 0 Å². The summed E-state index contributed by atoms with van der Waals surface area (Å²) in [6, 6.07) is 1.33. The second-order valence-electron chi connectivity index (χ2n) is 7.28. The number of nitrogens with two attached hydrogens (primary N) is 1. The molecule has 2 heterocycles. The first-order chi connectivity index (χ1) is 12.9. The first-order valence-electron chi connectivity index (χ1n) is 9.11. The van der Waals surface area contributed by atoms with Crippen LogP contribution in [0.2, 0.25) is 0 Å². The summed E-state index contributed by atoms with van der Waals surface area (Å²) in [5.74, 6) is -1.62. The number of carboxylic acid groups (broad SMARTS) is 1. The standard InChI is InChI=1S/C19H22FN3O4.ClH.H2O/c1-27-18-15-12(8-14(20)16(18)22-6-4-10(21)5-7-22)17(24)13(19(25)26)9-23(15)11-2-3-11;;/h8-11H,2-7,21H2,1H3,(H,25,26);1H;1H2. The van der Waals surface area contributed by atoms with Crippen molar-refractivity contribution in [1.29, 1.82) is 0 Å². The zero-order valence-electron chi connectivity index (χ0n) is 16.0. The number of halogens is 2. The van der Waals surface area contributed by atoms with Gasteiger partial charge in [0, 0.05) is 31.4 Å². The van der Waals surface area contributed by atoms with E-state index in [1.807, 2.05) is 4.90 Å². The molecule has 1 aromatic heterocycles. The highest BCUT2D eigenvalue weighted by Crippen LogP contribution is 2.44. The highest BCUT2D eigenvalue weighted by atomic mass is 35.5. The van der Waals surface area contributed by atoms with Gasteiger partial charge in [0.1, 0.15) is 11.3 Å². The van der Waals surface area contributed by atoms with Gasteiger partial charge in [0.05, 0.1) is 18.0 Å². The molecule has 2 aromatic rings. The minimum atomic E-state index is -1.32. The van der Waals surface area contributed by atoms with Crippen LogP contribution in [0.15, 0.2) is 17.1 Å². The van der Waals surface area contributed by atoms with Crippen molar-refractivity contribution in [2.45, 2.75) is 37.8 Å². The van der Waals surface area contributed by atoms with Crippen LogP contribution in [-0.2, 0) is 0 Å². The van der Waals surface area contributed by atoms with Crippen LogP contribution in [0.5, 0.6) is 5.75 Å². The average molecular weight is 430 g/mol. The Labute approximate surface area is 172 Å². The Morgan fingerprint density at radius 2 is 1.90 bits per heavy atom. The molecule has 1 saturated carbocycles. The highest BCUT2D eigenvalue weighted by molar-refractivity contribution is 5.97. The molecule has 5 N–H and O–H groups in total. The summed E-state index contributed by atoms with van der Waals surface area (Å²) in [6.45, 7) is 1.20. The van der Waals surface area contributed by atoms with Crippen molar-refractivity contribution in [3.05, 3.63) is 33.9 Å². The molecule has 2 fully saturated rings. The quantitative estimate of drug-likeness (QED) is 0.760. The lowest BCUT2D eigenvalue weighted by Gasteiger charge is -2.33. The first kappa shape index (κ1) is 22.9. The monoisotopic (exact) mass is 429 g/mol. The molecular weight excluding hydrogens is 405 g/mol. The maximum atomic E-state index is 15.1. The van der Waals surface area contributed by atoms with Crippen LogP contribution in [0.4, 0.5) is 10.1 Å². The predicted molar refractivity (Wildman–Crippen MR) is 110 cm³/mol. The van der Waals surface area contributed by atoms with Crippen LogP contribution >= 0.6 is 12.4 Å². The van der Waals surface area contributed by atoms with E-state index >= 15 is 4.39 Å². The van der Waals surface area contributed by atoms with Gasteiger partial charge < -0.3 is 30.5 Å². The Balaban J connectivity index is 0.00000150. The summed E-state index contributed by atoms with van der Waals surface area (Å²) in [5.41, 5.74) is 5.68. The Bertz CT molecular complexity index is 984. The number of aromatic carboxylic acids is 1. The number of anilines is 1. The van der Waals surface area contributed by atoms with Gasteiger partial charge in [-0.05, 0) is 31.7 Å². The molecule has 4 rings (SSSR count). The van der Waals surface area contributed by atoms with E-state index in [1.54, 1.807) is 4.57 Å². The molecule has 0 amide bonds. The van der Waals surface area contributed by atoms with E-state index in [9.17, 15) is 14.7 Å². The van der Waals surface area contributed by atoms with Gasteiger partial charge in [-0.1, -0.05) is 0 Å². The van der Waals surface area contributed by atoms with E-state index in [0.717, 1.165) is 31.7 Å². The second-order valence-corrected chi connectivity index (χ2v) is 7.28. The molecular formula is C19H25ClFN3O5. The van der Waals surface area contributed by atoms with Gasteiger partial charge in [0.2, 0.25) is 5.43 Å². The van der Waals surface area contributed by atoms with Crippen LogP contribution in [0.25, 0.3) is 10.9 Å². The molecule has 1 aliphatic heterocycles. The molecule has 0 unspecified atom stereocenters. The number of rotatable bonds is 4. The number of pyridine rings is 1. The lowest BCUT2D eigenvalue weighted by molar-refractivity contribution is 0.0695. The van der Waals surface area contributed by atoms with Gasteiger partial charge in [-0.25, -0.2) is 9.18 Å². The van der Waals surface area contributed by atoms with Gasteiger partial charge in [0.25, 0.3) is 0 Å². The van der Waals surface area contributed by atoms with Crippen molar-refractivity contribution in [3.8, 4) is 5.75 Å². The molecule has 0 radical (unpaired) electrons. The molecule has 8 nitrogen and oxygen atoms in total. The normalized spacial score (nSPS) is 16.9. The molecule has 1 aliphatic carbocycles.